The van der Waals surface area contributed by atoms with Gasteiger partial charge >= 0.3 is 0 Å². The molecule has 3 heteroatoms. The van der Waals surface area contributed by atoms with Gasteiger partial charge in [0.15, 0.2) is 0 Å². The smallest absolute Gasteiger partial charge is 0.255 e. The second-order valence-electron chi connectivity index (χ2n) is 5.76. The number of carbonyl (C=O) groups is 1. The molecule has 1 saturated heterocycles. The van der Waals surface area contributed by atoms with Crippen LogP contribution in [-0.2, 0) is 0 Å². The number of rotatable bonds is 0. The summed E-state index contributed by atoms with van der Waals surface area (Å²) < 4.78 is 0. The molecule has 1 N–H and O–H groups in total. The Kier molecular flexibility index (Phi) is 2.24. The molecule has 0 aromatic heterocycles. The van der Waals surface area contributed by atoms with E-state index in [1.54, 1.807) is 0 Å². The van der Waals surface area contributed by atoms with Crippen molar-refractivity contribution in [2.24, 2.45) is 5.92 Å². The van der Waals surface area contributed by atoms with Crippen molar-refractivity contribution in [1.29, 1.82) is 0 Å². The molecule has 2 fully saturated rings. The number of benzene rings is 1. The average molecular weight is 242 g/mol. The summed E-state index contributed by atoms with van der Waals surface area (Å²) >= 11 is 0. The Balaban J connectivity index is 1.71. The van der Waals surface area contributed by atoms with Crippen LogP contribution in [0, 0.1) is 5.92 Å². The summed E-state index contributed by atoms with van der Waals surface area (Å²) in [7, 11) is 0. The highest BCUT2D eigenvalue weighted by Crippen LogP contribution is 2.39. The minimum absolute atomic E-state index is 0.132. The van der Waals surface area contributed by atoms with Crippen LogP contribution in [0.2, 0.25) is 0 Å². The Labute approximate surface area is 107 Å². The van der Waals surface area contributed by atoms with Crippen LogP contribution in [0.3, 0.4) is 0 Å². The summed E-state index contributed by atoms with van der Waals surface area (Å²) in [4.78, 5) is 14.4. The van der Waals surface area contributed by atoms with Gasteiger partial charge in [-0.05, 0) is 24.8 Å². The molecule has 3 atom stereocenters. The van der Waals surface area contributed by atoms with E-state index in [9.17, 15) is 4.79 Å². The normalized spacial score (nSPS) is 33.9. The van der Waals surface area contributed by atoms with Crippen LogP contribution in [0.1, 0.15) is 47.8 Å². The van der Waals surface area contributed by atoms with E-state index in [1.165, 1.54) is 31.2 Å². The zero-order chi connectivity index (χ0) is 12.1. The number of hydrogen-bond donors (Lipinski definition) is 1. The summed E-state index contributed by atoms with van der Waals surface area (Å²) in [5.74, 6) is 0.875. The number of carbonyl (C=O) groups excluding carboxylic acids is 1. The number of hydrogen-bond acceptors (Lipinski definition) is 2. The van der Waals surface area contributed by atoms with E-state index in [-0.39, 0.29) is 12.1 Å². The zero-order valence-corrected chi connectivity index (χ0v) is 10.4. The highest BCUT2D eigenvalue weighted by atomic mass is 16.2. The molecule has 1 aromatic rings. The maximum absolute atomic E-state index is 12.4. The lowest BCUT2D eigenvalue weighted by atomic mass is 9.82. The number of nitrogens with one attached hydrogen (secondary N) is 1. The third-order valence-corrected chi connectivity index (χ3v) is 4.77. The molecule has 1 saturated carbocycles. The first-order valence-corrected chi connectivity index (χ1v) is 7.00. The summed E-state index contributed by atoms with van der Waals surface area (Å²) in [5.41, 5.74) is 2.07. The molecule has 1 amide bonds. The fourth-order valence-electron chi connectivity index (χ4n) is 3.84. The van der Waals surface area contributed by atoms with Crippen molar-refractivity contribution in [2.45, 2.75) is 37.9 Å². The number of amides is 1. The topological polar surface area (TPSA) is 32.3 Å². The van der Waals surface area contributed by atoms with Gasteiger partial charge in [0.2, 0.25) is 0 Å². The summed E-state index contributed by atoms with van der Waals surface area (Å²) in [6.07, 6.45) is 5.32. The van der Waals surface area contributed by atoms with E-state index in [1.807, 2.05) is 23.1 Å². The monoisotopic (exact) mass is 242 g/mol. The largest absolute Gasteiger partial charge is 0.319 e. The van der Waals surface area contributed by atoms with Gasteiger partial charge in [0.1, 0.15) is 6.17 Å². The second-order valence-corrected chi connectivity index (χ2v) is 5.76. The minimum atomic E-state index is 0.132. The van der Waals surface area contributed by atoms with Crippen LogP contribution in [0.15, 0.2) is 24.3 Å². The first kappa shape index (κ1) is 10.6. The fourth-order valence-corrected chi connectivity index (χ4v) is 3.84. The molecule has 3 nitrogen and oxygen atoms in total. The van der Waals surface area contributed by atoms with Crippen molar-refractivity contribution in [3.63, 3.8) is 0 Å². The molecule has 0 spiro atoms. The summed E-state index contributed by atoms with van der Waals surface area (Å²) in [5, 5.41) is 3.71. The van der Waals surface area contributed by atoms with Crippen LogP contribution in [-0.4, -0.2) is 23.4 Å². The molecule has 0 unspecified atom stereocenters. The Bertz CT molecular complexity index is 499. The van der Waals surface area contributed by atoms with Gasteiger partial charge in [-0.15, -0.1) is 0 Å². The molecule has 0 bridgehead atoms. The van der Waals surface area contributed by atoms with Crippen LogP contribution < -0.4 is 5.32 Å². The minimum Gasteiger partial charge on any atom is -0.319 e. The predicted octanol–water partition coefficient (Wildman–Crippen LogP) is 2.30. The Morgan fingerprint density at radius 1 is 1.17 bits per heavy atom. The second kappa shape index (κ2) is 3.82. The van der Waals surface area contributed by atoms with Crippen LogP contribution in [0.5, 0.6) is 0 Å². The van der Waals surface area contributed by atoms with Crippen LogP contribution in [0.4, 0.5) is 0 Å². The van der Waals surface area contributed by atoms with Gasteiger partial charge < -0.3 is 4.90 Å². The van der Waals surface area contributed by atoms with Crippen LogP contribution in [0.25, 0.3) is 0 Å². The Hall–Kier alpha value is -1.35. The van der Waals surface area contributed by atoms with Crippen molar-refractivity contribution in [1.82, 2.24) is 10.2 Å². The maximum atomic E-state index is 12.4. The van der Waals surface area contributed by atoms with Gasteiger partial charge in [-0.3, -0.25) is 10.1 Å². The molecule has 0 radical (unpaired) electrons. The molecule has 2 aliphatic heterocycles. The van der Waals surface area contributed by atoms with Gasteiger partial charge in [-0.1, -0.05) is 31.0 Å². The predicted molar refractivity (Wildman–Crippen MR) is 69.1 cm³/mol. The fraction of sp³-hybridized carbons (Fsp3) is 0.533. The molecule has 94 valence electrons. The Morgan fingerprint density at radius 2 is 2.00 bits per heavy atom. The van der Waals surface area contributed by atoms with E-state index in [0.29, 0.717) is 12.0 Å². The average Bonchev–Trinajstić information content (AvgIpc) is 2.71. The Morgan fingerprint density at radius 3 is 2.94 bits per heavy atom. The van der Waals surface area contributed by atoms with Crippen molar-refractivity contribution in [2.75, 3.05) is 6.54 Å². The quantitative estimate of drug-likeness (QED) is 0.757. The summed E-state index contributed by atoms with van der Waals surface area (Å²) in [6, 6.07) is 8.65. The van der Waals surface area contributed by atoms with Gasteiger partial charge in [0.05, 0.1) is 0 Å². The highest BCUT2D eigenvalue weighted by Gasteiger charge is 2.44. The van der Waals surface area contributed by atoms with Gasteiger partial charge in [-0.2, -0.15) is 0 Å². The zero-order valence-electron chi connectivity index (χ0n) is 10.4. The van der Waals surface area contributed by atoms with Gasteiger partial charge in [-0.25, -0.2) is 0 Å². The molecular formula is C15H18N2O. The van der Waals surface area contributed by atoms with Gasteiger partial charge in [0.25, 0.3) is 5.91 Å². The third-order valence-electron chi connectivity index (χ3n) is 4.77. The molecule has 4 rings (SSSR count). The molecule has 1 aliphatic carbocycles. The molecule has 3 aliphatic rings. The lowest BCUT2D eigenvalue weighted by Gasteiger charge is -2.44. The van der Waals surface area contributed by atoms with E-state index >= 15 is 0 Å². The molecule has 1 aromatic carbocycles. The molecular weight excluding hydrogens is 224 g/mol. The molecule has 2 heterocycles. The van der Waals surface area contributed by atoms with Gasteiger partial charge in [0, 0.05) is 23.7 Å². The molecule has 18 heavy (non-hydrogen) atoms. The van der Waals surface area contributed by atoms with Crippen molar-refractivity contribution in [3.8, 4) is 0 Å². The van der Waals surface area contributed by atoms with E-state index in [4.69, 9.17) is 0 Å². The van der Waals surface area contributed by atoms with Crippen molar-refractivity contribution >= 4 is 5.91 Å². The summed E-state index contributed by atoms with van der Waals surface area (Å²) in [6.45, 7) is 0.940. The van der Waals surface area contributed by atoms with E-state index in [2.05, 4.69) is 11.4 Å². The first-order valence-electron chi connectivity index (χ1n) is 7.00. The van der Waals surface area contributed by atoms with E-state index < -0.39 is 0 Å². The van der Waals surface area contributed by atoms with E-state index in [0.717, 1.165) is 12.1 Å². The van der Waals surface area contributed by atoms with Crippen molar-refractivity contribution in [3.05, 3.63) is 35.4 Å². The SMILES string of the molecule is O=C1c2ccccc2[C@@H]2N[C@H]3CCCC[C@H]3CN12. The number of fused-ring (bicyclic) bond motifs is 4. The maximum Gasteiger partial charge on any atom is 0.255 e. The third kappa shape index (κ3) is 1.37. The highest BCUT2D eigenvalue weighted by molar-refractivity contribution is 5.99. The van der Waals surface area contributed by atoms with Crippen LogP contribution >= 0.6 is 0 Å². The lowest BCUT2D eigenvalue weighted by Crippen LogP contribution is -2.55. The number of nitrogens with zero attached hydrogens (tertiary/aromatic N) is 1. The lowest BCUT2D eigenvalue weighted by molar-refractivity contribution is 0.0378. The standard InChI is InChI=1S/C15H18N2O/c18-15-12-7-3-2-6-11(12)14-16-13-8-4-1-5-10(13)9-17(14)15/h2-3,6-7,10,13-14,16H,1,4-5,8-9H2/t10-,13-,14+/m0/s1. The first-order chi connectivity index (χ1) is 8.84. The van der Waals surface area contributed by atoms with Crippen molar-refractivity contribution < 1.29 is 4.79 Å².